The first-order chi connectivity index (χ1) is 7.31. The zero-order chi connectivity index (χ0) is 11.4. The number of alkyl halides is 1. The second-order valence-corrected chi connectivity index (χ2v) is 4.21. The molecule has 0 fully saturated rings. The first kappa shape index (κ1) is 14.8. The van der Waals surface area contributed by atoms with Crippen molar-refractivity contribution in [1.82, 2.24) is 0 Å². The monoisotopic (exact) mass is 246 g/mol. The summed E-state index contributed by atoms with van der Waals surface area (Å²) in [6.45, 7) is 2.22. The second kappa shape index (κ2) is 11.9. The maximum atomic E-state index is 5.54. The highest BCUT2D eigenvalue weighted by atomic mass is 35.5. The Kier molecular flexibility index (Phi) is 11.7. The molecule has 2 heteroatoms. The molecule has 0 saturated heterocycles. The van der Waals surface area contributed by atoms with Gasteiger partial charge in [-0.15, -0.1) is 11.6 Å². The van der Waals surface area contributed by atoms with Crippen LogP contribution in [0.4, 0.5) is 0 Å². The molecule has 0 aliphatic rings. The highest BCUT2D eigenvalue weighted by Crippen LogP contribution is 2.03. The van der Waals surface area contributed by atoms with E-state index in [2.05, 4.69) is 6.92 Å². The van der Waals surface area contributed by atoms with Crippen LogP contribution in [0.5, 0.6) is 0 Å². The third kappa shape index (κ3) is 11.7. The van der Waals surface area contributed by atoms with Crippen molar-refractivity contribution in [3.05, 3.63) is 35.4 Å². The highest BCUT2D eigenvalue weighted by Gasteiger charge is 1.84. The highest BCUT2D eigenvalue weighted by molar-refractivity contribution is 6.30. The van der Waals surface area contributed by atoms with Gasteiger partial charge in [-0.3, -0.25) is 0 Å². The Morgan fingerprint density at radius 3 is 1.93 bits per heavy atom. The van der Waals surface area contributed by atoms with E-state index in [1.165, 1.54) is 32.1 Å². The Bertz CT molecular complexity index is 203. The summed E-state index contributed by atoms with van der Waals surface area (Å²) in [6, 6.07) is 9.44. The maximum absolute atomic E-state index is 5.54. The number of hydrogen-bond acceptors (Lipinski definition) is 0. The molecular weight excluding hydrogens is 227 g/mol. The van der Waals surface area contributed by atoms with Gasteiger partial charge >= 0.3 is 0 Å². The van der Waals surface area contributed by atoms with Gasteiger partial charge in [0.1, 0.15) is 0 Å². The lowest BCUT2D eigenvalue weighted by Crippen LogP contribution is -1.76. The summed E-state index contributed by atoms with van der Waals surface area (Å²) in [5.74, 6) is 0.837. The summed E-state index contributed by atoms with van der Waals surface area (Å²) in [5.41, 5.74) is 0. The fraction of sp³-hybridized carbons (Fsp3) is 0.538. The van der Waals surface area contributed by atoms with E-state index in [4.69, 9.17) is 23.2 Å². The summed E-state index contributed by atoms with van der Waals surface area (Å²) in [4.78, 5) is 0. The molecule has 0 atom stereocenters. The number of unbranched alkanes of at least 4 members (excludes halogenated alkanes) is 4. The molecule has 86 valence electrons. The van der Waals surface area contributed by atoms with Gasteiger partial charge in [-0.25, -0.2) is 0 Å². The van der Waals surface area contributed by atoms with Gasteiger partial charge in [0.15, 0.2) is 0 Å². The molecular formula is C13H20Cl2. The first-order valence-electron chi connectivity index (χ1n) is 5.57. The molecule has 0 bridgehead atoms. The van der Waals surface area contributed by atoms with Crippen molar-refractivity contribution in [2.24, 2.45) is 0 Å². The molecule has 0 N–H and O–H groups in total. The molecule has 0 saturated carbocycles. The number of halogens is 2. The molecule has 0 aromatic heterocycles. The Labute approximate surface area is 104 Å². The van der Waals surface area contributed by atoms with Gasteiger partial charge in [0.05, 0.1) is 0 Å². The molecule has 1 aromatic carbocycles. The number of benzene rings is 1. The third-order valence-corrected chi connectivity index (χ3v) is 2.49. The largest absolute Gasteiger partial charge is 0.127 e. The van der Waals surface area contributed by atoms with Gasteiger partial charge in [0, 0.05) is 10.9 Å². The van der Waals surface area contributed by atoms with E-state index < -0.39 is 0 Å². The van der Waals surface area contributed by atoms with Crippen molar-refractivity contribution in [2.75, 3.05) is 5.88 Å². The van der Waals surface area contributed by atoms with E-state index in [-0.39, 0.29) is 0 Å². The summed E-state index contributed by atoms with van der Waals surface area (Å²) in [7, 11) is 0. The summed E-state index contributed by atoms with van der Waals surface area (Å²) >= 11 is 11.0. The minimum absolute atomic E-state index is 0.794. The van der Waals surface area contributed by atoms with E-state index in [9.17, 15) is 0 Å². The molecule has 1 aromatic rings. The van der Waals surface area contributed by atoms with Crippen LogP contribution in [-0.4, -0.2) is 5.88 Å². The minimum Gasteiger partial charge on any atom is -0.127 e. The normalized spacial score (nSPS) is 9.27. The summed E-state index contributed by atoms with van der Waals surface area (Å²) < 4.78 is 0. The van der Waals surface area contributed by atoms with Crippen LogP contribution >= 0.6 is 23.2 Å². The molecule has 0 heterocycles. The average Bonchev–Trinajstić information content (AvgIpc) is 2.27. The van der Waals surface area contributed by atoms with E-state index in [1.54, 1.807) is 0 Å². The lowest BCUT2D eigenvalue weighted by Gasteiger charge is -1.93. The fourth-order valence-corrected chi connectivity index (χ4v) is 1.45. The number of rotatable bonds is 5. The van der Waals surface area contributed by atoms with E-state index >= 15 is 0 Å². The minimum atomic E-state index is 0.794. The molecule has 0 nitrogen and oxygen atoms in total. The van der Waals surface area contributed by atoms with Crippen molar-refractivity contribution in [3.63, 3.8) is 0 Å². The average molecular weight is 247 g/mol. The topological polar surface area (TPSA) is 0 Å². The first-order valence-corrected chi connectivity index (χ1v) is 6.49. The molecule has 0 spiro atoms. The second-order valence-electron chi connectivity index (χ2n) is 3.40. The van der Waals surface area contributed by atoms with Crippen LogP contribution in [0.3, 0.4) is 0 Å². The quantitative estimate of drug-likeness (QED) is 0.473. The number of hydrogen-bond donors (Lipinski definition) is 0. The molecule has 15 heavy (non-hydrogen) atoms. The predicted octanol–water partition coefficient (Wildman–Crippen LogP) is 5.54. The van der Waals surface area contributed by atoms with Crippen molar-refractivity contribution in [3.8, 4) is 0 Å². The Hall–Kier alpha value is -0.200. The van der Waals surface area contributed by atoms with Crippen LogP contribution < -0.4 is 0 Å². The van der Waals surface area contributed by atoms with Crippen molar-refractivity contribution >= 4 is 23.2 Å². The smallest absolute Gasteiger partial charge is 0.0405 e. The Balaban J connectivity index is 0.000000262. The fourth-order valence-electron chi connectivity index (χ4n) is 1.11. The van der Waals surface area contributed by atoms with Gasteiger partial charge in [-0.05, 0) is 18.6 Å². The molecule has 0 radical (unpaired) electrons. The van der Waals surface area contributed by atoms with E-state index in [0.29, 0.717) is 0 Å². The molecule has 0 amide bonds. The van der Waals surface area contributed by atoms with Crippen LogP contribution in [-0.2, 0) is 0 Å². The van der Waals surface area contributed by atoms with Gasteiger partial charge in [-0.1, -0.05) is 62.4 Å². The molecule has 0 aliphatic heterocycles. The Morgan fingerprint density at radius 1 is 0.933 bits per heavy atom. The van der Waals surface area contributed by atoms with Gasteiger partial charge < -0.3 is 0 Å². The van der Waals surface area contributed by atoms with Gasteiger partial charge in [0.25, 0.3) is 0 Å². The van der Waals surface area contributed by atoms with Crippen LogP contribution in [0.15, 0.2) is 30.3 Å². The Morgan fingerprint density at radius 2 is 1.53 bits per heavy atom. The standard InChI is InChI=1S/C7H15Cl.C6H5Cl/c1-2-3-4-5-6-7-8;7-6-4-2-1-3-5-6/h2-7H2,1H3;1-5H. The predicted molar refractivity (Wildman–Crippen MR) is 70.9 cm³/mol. The van der Waals surface area contributed by atoms with Crippen molar-refractivity contribution in [2.45, 2.75) is 39.0 Å². The maximum Gasteiger partial charge on any atom is 0.0405 e. The van der Waals surface area contributed by atoms with Crippen molar-refractivity contribution < 1.29 is 0 Å². The third-order valence-electron chi connectivity index (χ3n) is 1.97. The van der Waals surface area contributed by atoms with Gasteiger partial charge in [0.2, 0.25) is 0 Å². The van der Waals surface area contributed by atoms with E-state index in [1.807, 2.05) is 30.3 Å². The van der Waals surface area contributed by atoms with Crippen LogP contribution in [0.1, 0.15) is 39.0 Å². The van der Waals surface area contributed by atoms with Crippen molar-refractivity contribution in [1.29, 1.82) is 0 Å². The lowest BCUT2D eigenvalue weighted by molar-refractivity contribution is 0.658. The zero-order valence-corrected chi connectivity index (χ0v) is 10.9. The summed E-state index contributed by atoms with van der Waals surface area (Å²) in [6.07, 6.45) is 6.57. The summed E-state index contributed by atoms with van der Waals surface area (Å²) in [5, 5.41) is 0.794. The van der Waals surface area contributed by atoms with E-state index in [0.717, 1.165) is 10.9 Å². The molecule has 1 rings (SSSR count). The molecule has 0 unspecified atom stereocenters. The van der Waals surface area contributed by atoms with Crippen LogP contribution in [0, 0.1) is 0 Å². The molecule has 0 aliphatic carbocycles. The SMILES string of the molecule is CCCCCCCCl.Clc1ccccc1. The lowest BCUT2D eigenvalue weighted by atomic mass is 10.2. The van der Waals surface area contributed by atoms with Crippen LogP contribution in [0.2, 0.25) is 5.02 Å². The van der Waals surface area contributed by atoms with Crippen LogP contribution in [0.25, 0.3) is 0 Å². The zero-order valence-electron chi connectivity index (χ0n) is 9.39. The van der Waals surface area contributed by atoms with Gasteiger partial charge in [-0.2, -0.15) is 0 Å².